The molecule has 0 atom stereocenters. The summed E-state index contributed by atoms with van der Waals surface area (Å²) in [5, 5.41) is 5.70. The normalized spacial score (nSPS) is 10.2. The molecule has 1 aromatic carbocycles. The molecule has 0 aliphatic heterocycles. The van der Waals surface area contributed by atoms with Crippen molar-refractivity contribution < 1.29 is 9.18 Å². The lowest BCUT2D eigenvalue weighted by Crippen LogP contribution is -2.32. The fourth-order valence-electron chi connectivity index (χ4n) is 1.21. The lowest BCUT2D eigenvalue weighted by atomic mass is 10.2. The van der Waals surface area contributed by atoms with Crippen molar-refractivity contribution >= 4 is 21.8 Å². The summed E-state index contributed by atoms with van der Waals surface area (Å²) >= 11 is 3.20. The first kappa shape index (κ1) is 13.1. The second-order valence-corrected chi connectivity index (χ2v) is 4.15. The van der Waals surface area contributed by atoms with Gasteiger partial charge in [0.15, 0.2) is 0 Å². The largest absolute Gasteiger partial charge is 0.351 e. The zero-order valence-electron chi connectivity index (χ0n) is 9.02. The quantitative estimate of drug-likeness (QED) is 0.813. The molecule has 0 saturated carbocycles. The molecule has 0 bridgehead atoms. The van der Waals surface area contributed by atoms with Gasteiger partial charge in [0, 0.05) is 17.6 Å². The Bertz CT molecular complexity index is 371. The van der Waals surface area contributed by atoms with Crippen molar-refractivity contribution in [1.82, 2.24) is 10.6 Å². The van der Waals surface area contributed by atoms with Crippen molar-refractivity contribution in [2.75, 3.05) is 19.6 Å². The van der Waals surface area contributed by atoms with Crippen LogP contribution >= 0.6 is 15.9 Å². The van der Waals surface area contributed by atoms with Gasteiger partial charge in [0.05, 0.1) is 5.56 Å². The third-order valence-corrected chi connectivity index (χ3v) is 2.50. The summed E-state index contributed by atoms with van der Waals surface area (Å²) in [6, 6.07) is 4.30. The molecule has 0 aliphatic carbocycles. The van der Waals surface area contributed by atoms with E-state index < -0.39 is 11.7 Å². The highest BCUT2D eigenvalue weighted by atomic mass is 79.9. The maximum Gasteiger partial charge on any atom is 0.254 e. The molecular weight excluding hydrogens is 275 g/mol. The Kier molecular flexibility index (Phi) is 5.42. The number of amides is 1. The lowest BCUT2D eigenvalue weighted by Gasteiger charge is -2.06. The van der Waals surface area contributed by atoms with Crippen molar-refractivity contribution in [1.29, 1.82) is 0 Å². The fourth-order valence-corrected chi connectivity index (χ4v) is 1.57. The van der Waals surface area contributed by atoms with E-state index in [4.69, 9.17) is 0 Å². The smallest absolute Gasteiger partial charge is 0.254 e. The molecule has 1 rings (SSSR count). The molecule has 0 fully saturated rings. The predicted molar refractivity (Wildman–Crippen MR) is 65.0 cm³/mol. The van der Waals surface area contributed by atoms with E-state index in [1.165, 1.54) is 12.1 Å². The molecule has 5 heteroatoms. The number of benzene rings is 1. The SMILES string of the molecule is CCNCCNC(=O)c1cc(Br)ccc1F. The third kappa shape index (κ3) is 3.90. The van der Waals surface area contributed by atoms with Gasteiger partial charge in [0.1, 0.15) is 5.82 Å². The molecule has 0 aromatic heterocycles. The van der Waals surface area contributed by atoms with Crippen molar-refractivity contribution in [2.24, 2.45) is 0 Å². The first-order valence-electron chi connectivity index (χ1n) is 5.09. The summed E-state index contributed by atoms with van der Waals surface area (Å²) in [6.07, 6.45) is 0. The van der Waals surface area contributed by atoms with Crippen molar-refractivity contribution in [3.63, 3.8) is 0 Å². The van der Waals surface area contributed by atoms with Crippen LogP contribution in [0.5, 0.6) is 0 Å². The van der Waals surface area contributed by atoms with Crippen LogP contribution in [0.4, 0.5) is 4.39 Å². The predicted octanol–water partition coefficient (Wildman–Crippen LogP) is 1.93. The van der Waals surface area contributed by atoms with Gasteiger partial charge in [-0.3, -0.25) is 4.79 Å². The van der Waals surface area contributed by atoms with E-state index in [0.29, 0.717) is 17.6 Å². The molecule has 0 saturated heterocycles. The Morgan fingerprint density at radius 1 is 1.44 bits per heavy atom. The van der Waals surface area contributed by atoms with Gasteiger partial charge in [-0.25, -0.2) is 4.39 Å². The summed E-state index contributed by atoms with van der Waals surface area (Å²) in [4.78, 5) is 11.6. The molecule has 3 nitrogen and oxygen atoms in total. The van der Waals surface area contributed by atoms with Crippen molar-refractivity contribution in [3.8, 4) is 0 Å². The fraction of sp³-hybridized carbons (Fsp3) is 0.364. The minimum Gasteiger partial charge on any atom is -0.351 e. The summed E-state index contributed by atoms with van der Waals surface area (Å²) in [7, 11) is 0. The highest BCUT2D eigenvalue weighted by molar-refractivity contribution is 9.10. The molecule has 16 heavy (non-hydrogen) atoms. The highest BCUT2D eigenvalue weighted by Crippen LogP contribution is 2.15. The third-order valence-electron chi connectivity index (χ3n) is 2.01. The summed E-state index contributed by atoms with van der Waals surface area (Å²) in [5.74, 6) is -0.902. The average molecular weight is 289 g/mol. The van der Waals surface area contributed by atoms with Gasteiger partial charge >= 0.3 is 0 Å². The van der Waals surface area contributed by atoms with Crippen LogP contribution in [-0.4, -0.2) is 25.5 Å². The maximum atomic E-state index is 13.3. The van der Waals surface area contributed by atoms with Gasteiger partial charge in [-0.05, 0) is 24.7 Å². The molecule has 1 aromatic rings. The summed E-state index contributed by atoms with van der Waals surface area (Å²) in [5.41, 5.74) is 0.0610. The number of halogens is 2. The van der Waals surface area contributed by atoms with E-state index in [-0.39, 0.29) is 5.56 Å². The number of rotatable bonds is 5. The van der Waals surface area contributed by atoms with E-state index in [0.717, 1.165) is 6.54 Å². The number of carbonyl (C=O) groups is 1. The first-order valence-corrected chi connectivity index (χ1v) is 5.88. The minimum absolute atomic E-state index is 0.0610. The topological polar surface area (TPSA) is 41.1 Å². The second-order valence-electron chi connectivity index (χ2n) is 3.23. The summed E-state index contributed by atoms with van der Waals surface area (Å²) < 4.78 is 14.0. The van der Waals surface area contributed by atoms with Crippen LogP contribution < -0.4 is 10.6 Å². The number of carbonyl (C=O) groups excluding carboxylic acids is 1. The highest BCUT2D eigenvalue weighted by Gasteiger charge is 2.10. The Hall–Kier alpha value is -0.940. The zero-order chi connectivity index (χ0) is 12.0. The Morgan fingerprint density at radius 2 is 2.19 bits per heavy atom. The molecule has 0 radical (unpaired) electrons. The molecule has 0 spiro atoms. The van der Waals surface area contributed by atoms with Crippen LogP contribution in [-0.2, 0) is 0 Å². The molecule has 0 aliphatic rings. The zero-order valence-corrected chi connectivity index (χ0v) is 10.6. The van der Waals surface area contributed by atoms with Crippen LogP contribution in [0.3, 0.4) is 0 Å². The minimum atomic E-state index is -0.510. The Balaban J connectivity index is 2.55. The van der Waals surface area contributed by atoms with E-state index >= 15 is 0 Å². The van der Waals surface area contributed by atoms with Crippen molar-refractivity contribution in [2.45, 2.75) is 6.92 Å². The lowest BCUT2D eigenvalue weighted by molar-refractivity contribution is 0.0950. The van der Waals surface area contributed by atoms with Crippen LogP contribution in [0.25, 0.3) is 0 Å². The van der Waals surface area contributed by atoms with E-state index in [2.05, 4.69) is 26.6 Å². The Morgan fingerprint density at radius 3 is 2.88 bits per heavy atom. The second kappa shape index (κ2) is 6.60. The molecule has 1 amide bonds. The van der Waals surface area contributed by atoms with E-state index in [9.17, 15) is 9.18 Å². The molecule has 2 N–H and O–H groups in total. The standard InChI is InChI=1S/C11H14BrFN2O/c1-2-14-5-6-15-11(16)9-7-8(12)3-4-10(9)13/h3-4,7,14H,2,5-6H2,1H3,(H,15,16). The molecular formula is C11H14BrFN2O. The Labute approximate surface area is 103 Å². The first-order chi connectivity index (χ1) is 7.65. The molecule has 0 heterocycles. The van der Waals surface area contributed by atoms with E-state index in [1.54, 1.807) is 6.07 Å². The number of hydrogen-bond acceptors (Lipinski definition) is 2. The van der Waals surface area contributed by atoms with Gasteiger partial charge in [0.25, 0.3) is 5.91 Å². The average Bonchev–Trinajstić information content (AvgIpc) is 2.27. The van der Waals surface area contributed by atoms with Gasteiger partial charge < -0.3 is 10.6 Å². The van der Waals surface area contributed by atoms with Crippen LogP contribution in [0, 0.1) is 5.82 Å². The van der Waals surface area contributed by atoms with Crippen LogP contribution in [0.1, 0.15) is 17.3 Å². The van der Waals surface area contributed by atoms with Gasteiger partial charge in [0.2, 0.25) is 0 Å². The number of hydrogen-bond donors (Lipinski definition) is 2. The monoisotopic (exact) mass is 288 g/mol. The molecule has 88 valence electrons. The van der Waals surface area contributed by atoms with Gasteiger partial charge in [-0.2, -0.15) is 0 Å². The number of nitrogens with one attached hydrogen (secondary N) is 2. The van der Waals surface area contributed by atoms with E-state index in [1.807, 2.05) is 6.92 Å². The molecule has 0 unspecified atom stereocenters. The van der Waals surface area contributed by atoms with Gasteiger partial charge in [-0.1, -0.05) is 22.9 Å². The van der Waals surface area contributed by atoms with Crippen molar-refractivity contribution in [3.05, 3.63) is 34.1 Å². The van der Waals surface area contributed by atoms with Gasteiger partial charge in [-0.15, -0.1) is 0 Å². The maximum absolute atomic E-state index is 13.3. The number of likely N-dealkylation sites (N-methyl/N-ethyl adjacent to an activating group) is 1. The summed E-state index contributed by atoms with van der Waals surface area (Å²) in [6.45, 7) is 3.99. The van der Waals surface area contributed by atoms with Crippen LogP contribution in [0.2, 0.25) is 0 Å². The van der Waals surface area contributed by atoms with Crippen LogP contribution in [0.15, 0.2) is 22.7 Å².